The second-order valence-corrected chi connectivity index (χ2v) is 6.59. The summed E-state index contributed by atoms with van der Waals surface area (Å²) in [6, 6.07) is 16.5. The van der Waals surface area contributed by atoms with Crippen LogP contribution in [0, 0.1) is 0 Å². The van der Waals surface area contributed by atoms with E-state index in [1.54, 1.807) is 19.2 Å². The van der Waals surface area contributed by atoms with Crippen molar-refractivity contribution in [3.8, 4) is 11.5 Å². The summed E-state index contributed by atoms with van der Waals surface area (Å²) in [7, 11) is 4.43. The molecule has 3 rings (SSSR count). The molecule has 0 aliphatic heterocycles. The van der Waals surface area contributed by atoms with Gasteiger partial charge >= 0.3 is 5.97 Å². The fourth-order valence-electron chi connectivity index (χ4n) is 3.07. The number of nitrogens with one attached hydrogen (secondary N) is 1. The molecule has 0 spiro atoms. The summed E-state index contributed by atoms with van der Waals surface area (Å²) < 4.78 is 15.2. The Labute approximate surface area is 169 Å². The molecule has 6 heteroatoms. The van der Waals surface area contributed by atoms with Crippen molar-refractivity contribution < 1.29 is 23.8 Å². The van der Waals surface area contributed by atoms with Crippen molar-refractivity contribution in [3.05, 3.63) is 65.7 Å². The maximum atomic E-state index is 12.9. The topological polar surface area (TPSA) is 73.9 Å². The van der Waals surface area contributed by atoms with Crippen molar-refractivity contribution in [2.24, 2.45) is 0 Å². The highest BCUT2D eigenvalue weighted by Gasteiger charge is 2.20. The van der Waals surface area contributed by atoms with E-state index in [4.69, 9.17) is 14.2 Å². The van der Waals surface area contributed by atoms with Crippen LogP contribution in [-0.2, 0) is 9.53 Å². The summed E-state index contributed by atoms with van der Waals surface area (Å²) in [5.41, 5.74) is 1.48. The molecule has 29 heavy (non-hydrogen) atoms. The minimum Gasteiger partial charge on any atom is -0.497 e. The second kappa shape index (κ2) is 8.65. The SMILES string of the molecule is COC(=O)c1cc(OC)ccc1NC(=O)[C@@H](C)c1ccc2cc(OC)ccc2c1. The number of hydrogen-bond donors (Lipinski definition) is 1. The lowest BCUT2D eigenvalue weighted by molar-refractivity contribution is -0.117. The number of fused-ring (bicyclic) bond motifs is 1. The largest absolute Gasteiger partial charge is 0.497 e. The van der Waals surface area contributed by atoms with Gasteiger partial charge in [0.2, 0.25) is 5.91 Å². The molecule has 1 atom stereocenters. The predicted octanol–water partition coefficient (Wildman–Crippen LogP) is 4.39. The first-order chi connectivity index (χ1) is 14.0. The molecule has 150 valence electrons. The molecule has 0 aliphatic carbocycles. The maximum Gasteiger partial charge on any atom is 0.340 e. The van der Waals surface area contributed by atoms with Crippen LogP contribution in [0.5, 0.6) is 11.5 Å². The van der Waals surface area contributed by atoms with Crippen LogP contribution in [0.1, 0.15) is 28.8 Å². The van der Waals surface area contributed by atoms with E-state index in [1.807, 2.05) is 43.3 Å². The lowest BCUT2D eigenvalue weighted by Crippen LogP contribution is -2.20. The highest BCUT2D eigenvalue weighted by Crippen LogP contribution is 2.28. The number of anilines is 1. The lowest BCUT2D eigenvalue weighted by atomic mass is 9.96. The third-order valence-corrected chi connectivity index (χ3v) is 4.85. The van der Waals surface area contributed by atoms with Gasteiger partial charge in [0.05, 0.1) is 38.5 Å². The Balaban J connectivity index is 1.85. The Morgan fingerprint density at radius 2 is 1.45 bits per heavy atom. The van der Waals surface area contributed by atoms with Crippen LogP contribution in [0.3, 0.4) is 0 Å². The highest BCUT2D eigenvalue weighted by molar-refractivity contribution is 6.03. The lowest BCUT2D eigenvalue weighted by Gasteiger charge is -2.16. The summed E-state index contributed by atoms with van der Waals surface area (Å²) in [4.78, 5) is 24.9. The van der Waals surface area contributed by atoms with Gasteiger partial charge in [0.1, 0.15) is 11.5 Å². The van der Waals surface area contributed by atoms with E-state index in [-0.39, 0.29) is 11.5 Å². The first kappa shape index (κ1) is 20.2. The van der Waals surface area contributed by atoms with Crippen molar-refractivity contribution >= 4 is 28.3 Å². The van der Waals surface area contributed by atoms with Gasteiger partial charge in [-0.05, 0) is 53.6 Å². The normalized spacial score (nSPS) is 11.6. The third-order valence-electron chi connectivity index (χ3n) is 4.85. The van der Waals surface area contributed by atoms with Gasteiger partial charge in [-0.1, -0.05) is 24.3 Å². The average Bonchev–Trinajstić information content (AvgIpc) is 2.77. The number of esters is 1. The first-order valence-corrected chi connectivity index (χ1v) is 9.11. The Bertz CT molecular complexity index is 1060. The van der Waals surface area contributed by atoms with Crippen LogP contribution >= 0.6 is 0 Å². The molecule has 0 aliphatic rings. The molecule has 1 amide bonds. The molecular formula is C23H23NO5. The van der Waals surface area contributed by atoms with Crippen molar-refractivity contribution in [2.75, 3.05) is 26.6 Å². The van der Waals surface area contributed by atoms with E-state index in [0.29, 0.717) is 11.4 Å². The van der Waals surface area contributed by atoms with Gasteiger partial charge in [0.25, 0.3) is 0 Å². The smallest absolute Gasteiger partial charge is 0.340 e. The predicted molar refractivity (Wildman–Crippen MR) is 112 cm³/mol. The van der Waals surface area contributed by atoms with Gasteiger partial charge in [-0.15, -0.1) is 0 Å². The van der Waals surface area contributed by atoms with Gasteiger partial charge in [-0.25, -0.2) is 4.79 Å². The molecule has 1 N–H and O–H groups in total. The molecule has 6 nitrogen and oxygen atoms in total. The van der Waals surface area contributed by atoms with Crippen molar-refractivity contribution in [2.45, 2.75) is 12.8 Å². The first-order valence-electron chi connectivity index (χ1n) is 9.11. The number of amides is 1. The van der Waals surface area contributed by atoms with Crippen LogP contribution in [0.25, 0.3) is 10.8 Å². The Morgan fingerprint density at radius 3 is 2.14 bits per heavy atom. The Hall–Kier alpha value is -3.54. The number of methoxy groups -OCH3 is 3. The van der Waals surface area contributed by atoms with Crippen molar-refractivity contribution in [3.63, 3.8) is 0 Å². The van der Waals surface area contributed by atoms with E-state index in [1.165, 1.54) is 20.3 Å². The summed E-state index contributed by atoms with van der Waals surface area (Å²) in [5, 5.41) is 4.87. The van der Waals surface area contributed by atoms with E-state index in [2.05, 4.69) is 5.32 Å². The standard InChI is InChI=1S/C23H23NO5/c1-14(15-5-6-17-12-18(27-2)8-7-16(17)11-15)22(25)24-21-10-9-19(28-3)13-20(21)23(26)29-4/h5-14H,1-4H3,(H,24,25)/t14-/m0/s1. The number of hydrogen-bond acceptors (Lipinski definition) is 5. The van der Waals surface area contributed by atoms with Crippen LogP contribution in [-0.4, -0.2) is 33.2 Å². The molecule has 0 saturated heterocycles. The summed E-state index contributed by atoms with van der Waals surface area (Å²) in [5.74, 6) is 0.0843. The molecule has 0 fully saturated rings. The number of benzene rings is 3. The zero-order valence-electron chi connectivity index (χ0n) is 16.8. The molecule has 0 unspecified atom stereocenters. The second-order valence-electron chi connectivity index (χ2n) is 6.59. The number of ether oxygens (including phenoxy) is 3. The van der Waals surface area contributed by atoms with Crippen LogP contribution in [0.4, 0.5) is 5.69 Å². The van der Waals surface area contributed by atoms with Gasteiger partial charge in [0.15, 0.2) is 0 Å². The van der Waals surface area contributed by atoms with E-state index >= 15 is 0 Å². The number of carbonyl (C=O) groups excluding carboxylic acids is 2. The summed E-state index contributed by atoms with van der Waals surface area (Å²) in [6.07, 6.45) is 0. The molecule has 0 heterocycles. The minimum absolute atomic E-state index is 0.229. The molecule has 3 aromatic carbocycles. The summed E-state index contributed by atoms with van der Waals surface area (Å²) >= 11 is 0. The fourth-order valence-corrected chi connectivity index (χ4v) is 3.07. The fraction of sp³-hybridized carbons (Fsp3) is 0.217. The molecular weight excluding hydrogens is 370 g/mol. The monoisotopic (exact) mass is 393 g/mol. The number of rotatable bonds is 6. The van der Waals surface area contributed by atoms with Gasteiger partial charge < -0.3 is 19.5 Å². The maximum absolute atomic E-state index is 12.9. The van der Waals surface area contributed by atoms with E-state index < -0.39 is 11.9 Å². The van der Waals surface area contributed by atoms with Crippen molar-refractivity contribution in [1.82, 2.24) is 0 Å². The van der Waals surface area contributed by atoms with Crippen molar-refractivity contribution in [1.29, 1.82) is 0 Å². The Morgan fingerprint density at radius 1 is 0.828 bits per heavy atom. The van der Waals surface area contributed by atoms with Crippen LogP contribution in [0.15, 0.2) is 54.6 Å². The van der Waals surface area contributed by atoms with E-state index in [0.717, 1.165) is 22.1 Å². The zero-order valence-corrected chi connectivity index (χ0v) is 16.8. The average molecular weight is 393 g/mol. The quantitative estimate of drug-likeness (QED) is 0.629. The summed E-state index contributed by atoms with van der Waals surface area (Å²) in [6.45, 7) is 1.82. The van der Waals surface area contributed by atoms with Crippen LogP contribution < -0.4 is 14.8 Å². The molecule has 0 bridgehead atoms. The van der Waals surface area contributed by atoms with Gasteiger partial charge in [-0.2, -0.15) is 0 Å². The molecule has 0 aromatic heterocycles. The van der Waals surface area contributed by atoms with E-state index in [9.17, 15) is 9.59 Å². The van der Waals surface area contributed by atoms with Crippen LogP contribution in [0.2, 0.25) is 0 Å². The number of carbonyl (C=O) groups is 2. The Kier molecular flexibility index (Phi) is 6.02. The zero-order chi connectivity index (χ0) is 21.0. The van der Waals surface area contributed by atoms with Gasteiger partial charge in [0, 0.05) is 0 Å². The highest BCUT2D eigenvalue weighted by atomic mass is 16.5. The molecule has 0 radical (unpaired) electrons. The third kappa shape index (κ3) is 4.32. The van der Waals surface area contributed by atoms with Gasteiger partial charge in [-0.3, -0.25) is 4.79 Å². The molecule has 0 saturated carbocycles. The minimum atomic E-state index is -0.550. The molecule has 3 aromatic rings.